The summed E-state index contributed by atoms with van der Waals surface area (Å²) in [6.07, 6.45) is -1.29. The number of pyridine rings is 1. The molecule has 3 heterocycles. The number of hydrogen-bond donors (Lipinski definition) is 2. The molecule has 0 saturated carbocycles. The smallest absolute Gasteiger partial charge is 0.475 e. The molecule has 3 rings (SSSR count). The van der Waals surface area contributed by atoms with Crippen LogP contribution in [0.4, 0.5) is 13.2 Å². The maximum absolute atomic E-state index is 10.6. The largest absolute Gasteiger partial charge is 0.490 e. The molecule has 3 N–H and O–H groups in total. The van der Waals surface area contributed by atoms with Crippen LogP contribution in [0.5, 0.6) is 0 Å². The van der Waals surface area contributed by atoms with E-state index in [1.807, 2.05) is 44.0 Å². The third-order valence-electron chi connectivity index (χ3n) is 3.67. The number of halogens is 3. The summed E-state index contributed by atoms with van der Waals surface area (Å²) in [6.45, 7) is 1.96. The number of rotatable bonds is 2. The number of hydrogen-bond acceptors (Lipinski definition) is 4. The van der Waals surface area contributed by atoms with Gasteiger partial charge in [-0.3, -0.25) is 4.68 Å². The van der Waals surface area contributed by atoms with Crippen molar-refractivity contribution >= 4 is 17.0 Å². The van der Waals surface area contributed by atoms with Crippen molar-refractivity contribution < 1.29 is 23.1 Å². The average molecular weight is 369 g/mol. The van der Waals surface area contributed by atoms with Crippen molar-refractivity contribution in [2.45, 2.75) is 19.1 Å². The summed E-state index contributed by atoms with van der Waals surface area (Å²) in [6, 6.07) is 6.01. The number of alkyl halides is 3. The number of aryl methyl sites for hydroxylation is 2. The third-order valence-corrected chi connectivity index (χ3v) is 3.67. The van der Waals surface area contributed by atoms with Crippen LogP contribution in [0.25, 0.3) is 22.3 Å². The Bertz CT molecular complexity index is 928. The molecule has 140 valence electrons. The Morgan fingerprint density at radius 2 is 1.92 bits per heavy atom. The van der Waals surface area contributed by atoms with Gasteiger partial charge in [0.1, 0.15) is 0 Å². The van der Waals surface area contributed by atoms with E-state index in [0.717, 1.165) is 28.0 Å². The van der Waals surface area contributed by atoms with Crippen LogP contribution in [0.15, 0.2) is 30.6 Å². The summed E-state index contributed by atoms with van der Waals surface area (Å²) in [5.74, 6) is -2.76. The van der Waals surface area contributed by atoms with Gasteiger partial charge in [0, 0.05) is 38.1 Å². The van der Waals surface area contributed by atoms with Gasteiger partial charge in [-0.2, -0.15) is 18.3 Å². The van der Waals surface area contributed by atoms with Gasteiger partial charge in [-0.05, 0) is 25.1 Å². The van der Waals surface area contributed by atoms with E-state index in [9.17, 15) is 13.2 Å². The Labute approximate surface area is 146 Å². The minimum Gasteiger partial charge on any atom is -0.475 e. The molecule has 26 heavy (non-hydrogen) atoms. The van der Waals surface area contributed by atoms with E-state index >= 15 is 0 Å². The molecule has 0 fully saturated rings. The number of nitrogens with zero attached hydrogens (tertiary/aromatic N) is 4. The number of carboxylic acid groups (broad SMARTS) is 1. The molecule has 0 aliphatic rings. The molecule has 0 bridgehead atoms. The fraction of sp³-hybridized carbons (Fsp3) is 0.312. The zero-order chi connectivity index (χ0) is 19.6. The Hall–Kier alpha value is -2.88. The van der Waals surface area contributed by atoms with Gasteiger partial charge in [0.05, 0.1) is 22.4 Å². The maximum atomic E-state index is 10.6. The van der Waals surface area contributed by atoms with Gasteiger partial charge in [-0.1, -0.05) is 0 Å². The standard InChI is InChI=1S/C14H17N5.C2HF3O2/c1-9(15)14-10(12-4-6-16-19(12)3)8-13-11(17-14)5-7-18(13)2;3-2(4,5)1(6)7/h4-9H,15H2,1-3H3;(H,6,7)/t9-;/m0./s1. The number of nitrogens with two attached hydrogens (primary N) is 1. The second-order valence-electron chi connectivity index (χ2n) is 5.68. The first kappa shape index (κ1) is 19.4. The summed E-state index contributed by atoms with van der Waals surface area (Å²) >= 11 is 0. The summed E-state index contributed by atoms with van der Waals surface area (Å²) in [5, 5.41) is 11.3. The van der Waals surface area contributed by atoms with Gasteiger partial charge < -0.3 is 15.4 Å². The van der Waals surface area contributed by atoms with E-state index in [-0.39, 0.29) is 6.04 Å². The number of carboxylic acids is 1. The van der Waals surface area contributed by atoms with E-state index in [4.69, 9.17) is 20.6 Å². The van der Waals surface area contributed by atoms with Crippen LogP contribution >= 0.6 is 0 Å². The minimum absolute atomic E-state index is 0.116. The highest BCUT2D eigenvalue weighted by Gasteiger charge is 2.38. The van der Waals surface area contributed by atoms with Crippen molar-refractivity contribution in [3.8, 4) is 11.3 Å². The molecule has 0 aliphatic heterocycles. The molecular weight excluding hydrogens is 351 g/mol. The first-order chi connectivity index (χ1) is 12.0. The Morgan fingerprint density at radius 3 is 2.38 bits per heavy atom. The van der Waals surface area contributed by atoms with Gasteiger partial charge in [0.2, 0.25) is 0 Å². The van der Waals surface area contributed by atoms with Crippen molar-refractivity contribution in [2.75, 3.05) is 0 Å². The predicted molar refractivity (Wildman–Crippen MR) is 89.2 cm³/mol. The monoisotopic (exact) mass is 369 g/mol. The summed E-state index contributed by atoms with van der Waals surface area (Å²) in [4.78, 5) is 13.6. The highest BCUT2D eigenvalue weighted by molar-refractivity contribution is 5.82. The fourth-order valence-corrected chi connectivity index (χ4v) is 2.39. The highest BCUT2D eigenvalue weighted by atomic mass is 19.4. The molecule has 3 aromatic heterocycles. The van der Waals surface area contributed by atoms with Crippen LogP contribution in [0.3, 0.4) is 0 Å². The van der Waals surface area contributed by atoms with Gasteiger partial charge in [0.25, 0.3) is 0 Å². The van der Waals surface area contributed by atoms with Crippen LogP contribution in [-0.2, 0) is 18.9 Å². The van der Waals surface area contributed by atoms with E-state index in [0.29, 0.717) is 0 Å². The second kappa shape index (κ2) is 7.16. The SMILES string of the molecule is C[C@H](N)c1nc2ccn(C)c2cc1-c1ccnn1C.O=C(O)C(F)(F)F. The van der Waals surface area contributed by atoms with Crippen molar-refractivity contribution in [2.24, 2.45) is 19.8 Å². The van der Waals surface area contributed by atoms with E-state index in [1.54, 1.807) is 6.20 Å². The summed E-state index contributed by atoms with van der Waals surface area (Å²) in [7, 11) is 3.94. The zero-order valence-electron chi connectivity index (χ0n) is 14.3. The Kier molecular flexibility index (Phi) is 5.36. The molecule has 0 radical (unpaired) electrons. The number of aromatic nitrogens is 4. The van der Waals surface area contributed by atoms with Gasteiger partial charge in [-0.25, -0.2) is 9.78 Å². The lowest BCUT2D eigenvalue weighted by molar-refractivity contribution is -0.192. The lowest BCUT2D eigenvalue weighted by Gasteiger charge is -2.13. The average Bonchev–Trinajstić information content (AvgIpc) is 3.12. The van der Waals surface area contributed by atoms with E-state index < -0.39 is 12.1 Å². The van der Waals surface area contributed by atoms with Crippen molar-refractivity contribution in [3.63, 3.8) is 0 Å². The molecule has 0 amide bonds. The van der Waals surface area contributed by atoms with Crippen molar-refractivity contribution in [1.82, 2.24) is 19.3 Å². The first-order valence-corrected chi connectivity index (χ1v) is 7.52. The quantitative estimate of drug-likeness (QED) is 0.723. The minimum atomic E-state index is -5.08. The zero-order valence-corrected chi connectivity index (χ0v) is 14.3. The molecule has 0 spiro atoms. The molecule has 0 saturated heterocycles. The van der Waals surface area contributed by atoms with Crippen molar-refractivity contribution in [3.05, 3.63) is 36.3 Å². The molecule has 7 nitrogen and oxygen atoms in total. The van der Waals surface area contributed by atoms with Crippen LogP contribution in [0.1, 0.15) is 18.7 Å². The molecule has 0 aromatic carbocycles. The molecule has 1 atom stereocenters. The van der Waals surface area contributed by atoms with Crippen LogP contribution in [0, 0.1) is 0 Å². The second-order valence-corrected chi connectivity index (χ2v) is 5.68. The van der Waals surface area contributed by atoms with Gasteiger partial charge in [-0.15, -0.1) is 0 Å². The van der Waals surface area contributed by atoms with Crippen molar-refractivity contribution in [1.29, 1.82) is 0 Å². The molecular formula is C16H18F3N5O2. The maximum Gasteiger partial charge on any atom is 0.490 e. The lowest BCUT2D eigenvalue weighted by atomic mass is 10.0. The highest BCUT2D eigenvalue weighted by Crippen LogP contribution is 2.29. The number of carbonyl (C=O) groups is 1. The predicted octanol–water partition coefficient (Wildman–Crippen LogP) is 2.63. The van der Waals surface area contributed by atoms with Crippen LogP contribution in [0.2, 0.25) is 0 Å². The third kappa shape index (κ3) is 4.02. The fourth-order valence-electron chi connectivity index (χ4n) is 2.39. The number of aliphatic carboxylic acids is 1. The van der Waals surface area contributed by atoms with Crippen LogP contribution < -0.4 is 5.73 Å². The number of fused-ring (bicyclic) bond motifs is 1. The van der Waals surface area contributed by atoms with E-state index in [1.165, 1.54) is 0 Å². The van der Waals surface area contributed by atoms with Gasteiger partial charge >= 0.3 is 12.1 Å². The van der Waals surface area contributed by atoms with Gasteiger partial charge in [0.15, 0.2) is 0 Å². The first-order valence-electron chi connectivity index (χ1n) is 7.52. The molecule has 10 heteroatoms. The topological polar surface area (TPSA) is 99.0 Å². The summed E-state index contributed by atoms with van der Waals surface area (Å²) < 4.78 is 35.6. The normalized spacial score (nSPS) is 12.6. The van der Waals surface area contributed by atoms with E-state index in [2.05, 4.69) is 15.7 Å². The summed E-state index contributed by atoms with van der Waals surface area (Å²) in [5.41, 5.74) is 11.1. The van der Waals surface area contributed by atoms with Crippen LogP contribution in [-0.4, -0.2) is 36.6 Å². The lowest BCUT2D eigenvalue weighted by Crippen LogP contribution is -2.21. The molecule has 0 unspecified atom stereocenters. The Morgan fingerprint density at radius 1 is 1.31 bits per heavy atom. The molecule has 3 aromatic rings. The Balaban J connectivity index is 0.000000298. The molecule has 0 aliphatic carbocycles.